The van der Waals surface area contributed by atoms with Crippen molar-refractivity contribution in [3.05, 3.63) is 0 Å². The summed E-state index contributed by atoms with van der Waals surface area (Å²) in [5.74, 6) is 0. The molecule has 0 aromatic rings. The van der Waals surface area contributed by atoms with Gasteiger partial charge in [0.05, 0.1) is 12.7 Å². The molecule has 0 aromatic heterocycles. The predicted octanol–water partition coefficient (Wildman–Crippen LogP) is 3.38. The molecule has 0 amide bonds. The monoisotopic (exact) mass is 158 g/mol. The zero-order chi connectivity index (χ0) is 8.53. The fraction of sp³-hybridized carbons (Fsp3) is 1.00. The van der Waals surface area contributed by atoms with E-state index in [-0.39, 0.29) is 0 Å². The van der Waals surface area contributed by atoms with E-state index in [1.165, 1.54) is 32.1 Å². The lowest BCUT2D eigenvalue weighted by Crippen LogP contribution is -1.70. The van der Waals surface area contributed by atoms with E-state index >= 15 is 0 Å². The highest BCUT2D eigenvalue weighted by Crippen LogP contribution is 2.04. The van der Waals surface area contributed by atoms with Gasteiger partial charge in [0.25, 0.3) is 0 Å². The van der Waals surface area contributed by atoms with Gasteiger partial charge in [0, 0.05) is 0 Å². The molecule has 0 saturated carbocycles. The van der Waals surface area contributed by atoms with Crippen LogP contribution in [0.25, 0.3) is 0 Å². The highest BCUT2D eigenvalue weighted by Gasteiger charge is 2.13. The van der Waals surface area contributed by atoms with E-state index in [1.54, 1.807) is 0 Å². The second-order valence-electron chi connectivity index (χ2n) is 3.20. The molecular weight excluding hydrogens is 136 g/mol. The normalized spacial score (nSPS) is 20.5. The highest BCUT2D eigenvalue weighted by atomic mass is 16.6. The van der Waals surface area contributed by atoms with E-state index in [9.17, 15) is 0 Å². The first-order valence-electron chi connectivity index (χ1n) is 4.92. The van der Waals surface area contributed by atoms with Gasteiger partial charge in [-0.25, -0.2) is 0 Å². The van der Waals surface area contributed by atoms with E-state index in [1.807, 2.05) is 0 Å². The topological polar surface area (TPSA) is 12.5 Å². The fourth-order valence-electron chi connectivity index (χ4n) is 0.773. The minimum Gasteiger partial charge on any atom is -0.373 e. The predicted molar refractivity (Wildman–Crippen MR) is 49.8 cm³/mol. The molecule has 1 rings (SSSR count). The van der Waals surface area contributed by atoms with Crippen molar-refractivity contribution >= 4 is 0 Å². The molecule has 0 aromatic carbocycles. The number of epoxide rings is 1. The lowest BCUT2D eigenvalue weighted by atomic mass is 10.2. The summed E-state index contributed by atoms with van der Waals surface area (Å²) in [5, 5.41) is 0. The van der Waals surface area contributed by atoms with Crippen molar-refractivity contribution in [3.63, 3.8) is 0 Å². The molecule has 1 nitrogen and oxygen atoms in total. The Kier molecular flexibility index (Phi) is 8.03. The molecule has 11 heavy (non-hydrogen) atoms. The molecule has 1 unspecified atom stereocenters. The zero-order valence-electron chi connectivity index (χ0n) is 8.23. The summed E-state index contributed by atoms with van der Waals surface area (Å²) >= 11 is 0. The first-order chi connectivity index (χ1) is 5.31. The summed E-state index contributed by atoms with van der Waals surface area (Å²) in [5.41, 5.74) is 0. The standard InChI is InChI=1S/C7H16.C3H6O/c1-3-5-7-6-4-2;1-3-2-4-3/h3-7H2,1-2H3;3H,2H2,1H3. The van der Waals surface area contributed by atoms with Gasteiger partial charge in [0.1, 0.15) is 0 Å². The van der Waals surface area contributed by atoms with E-state index in [0.717, 1.165) is 6.61 Å². The second-order valence-corrected chi connectivity index (χ2v) is 3.20. The molecule has 0 radical (unpaired) electrons. The average molecular weight is 158 g/mol. The third kappa shape index (κ3) is 13.0. The molecule has 1 fully saturated rings. The fourth-order valence-corrected chi connectivity index (χ4v) is 0.773. The molecule has 1 heteroatoms. The van der Waals surface area contributed by atoms with Crippen LogP contribution in [0.1, 0.15) is 52.9 Å². The smallest absolute Gasteiger partial charge is 0.0781 e. The molecule has 0 spiro atoms. The number of hydrogen-bond acceptors (Lipinski definition) is 1. The van der Waals surface area contributed by atoms with Crippen molar-refractivity contribution in [2.24, 2.45) is 0 Å². The second kappa shape index (κ2) is 8.06. The Morgan fingerprint density at radius 2 is 1.45 bits per heavy atom. The Morgan fingerprint density at radius 1 is 1.09 bits per heavy atom. The lowest BCUT2D eigenvalue weighted by molar-refractivity contribution is 0.423. The van der Waals surface area contributed by atoms with Gasteiger partial charge in [-0.3, -0.25) is 0 Å². The van der Waals surface area contributed by atoms with Crippen LogP contribution < -0.4 is 0 Å². The Hall–Kier alpha value is -0.0400. The highest BCUT2D eigenvalue weighted by molar-refractivity contribution is 4.58. The summed E-state index contributed by atoms with van der Waals surface area (Å²) in [7, 11) is 0. The number of rotatable bonds is 4. The number of unbranched alkanes of at least 4 members (excludes halogenated alkanes) is 4. The van der Waals surface area contributed by atoms with Gasteiger partial charge >= 0.3 is 0 Å². The lowest BCUT2D eigenvalue weighted by Gasteiger charge is -1.90. The van der Waals surface area contributed by atoms with Crippen molar-refractivity contribution in [2.75, 3.05) is 6.61 Å². The van der Waals surface area contributed by atoms with Crippen molar-refractivity contribution in [3.8, 4) is 0 Å². The maximum absolute atomic E-state index is 4.71. The van der Waals surface area contributed by atoms with E-state index in [4.69, 9.17) is 4.74 Å². The minimum absolute atomic E-state index is 0.583. The summed E-state index contributed by atoms with van der Waals surface area (Å²) in [4.78, 5) is 0. The Balaban J connectivity index is 0.000000207. The van der Waals surface area contributed by atoms with Crippen LogP contribution >= 0.6 is 0 Å². The van der Waals surface area contributed by atoms with Crippen molar-refractivity contribution in [1.82, 2.24) is 0 Å². The van der Waals surface area contributed by atoms with Gasteiger partial charge in [0.2, 0.25) is 0 Å². The summed E-state index contributed by atoms with van der Waals surface area (Å²) in [6.07, 6.45) is 7.59. The molecular formula is C10H22O. The average Bonchev–Trinajstić information content (AvgIpc) is 2.75. The van der Waals surface area contributed by atoms with Crippen LogP contribution in [0.5, 0.6) is 0 Å². The molecule has 0 bridgehead atoms. The van der Waals surface area contributed by atoms with E-state index in [0.29, 0.717) is 6.10 Å². The van der Waals surface area contributed by atoms with Crippen LogP contribution in [0.4, 0.5) is 0 Å². The Morgan fingerprint density at radius 3 is 1.64 bits per heavy atom. The van der Waals surface area contributed by atoms with Gasteiger partial charge in [-0.2, -0.15) is 0 Å². The van der Waals surface area contributed by atoms with Crippen LogP contribution in [0, 0.1) is 0 Å². The molecule has 1 saturated heterocycles. The summed E-state index contributed by atoms with van der Waals surface area (Å²) < 4.78 is 4.71. The number of hydrogen-bond donors (Lipinski definition) is 0. The molecule has 0 aliphatic carbocycles. The molecule has 68 valence electrons. The molecule has 0 N–H and O–H groups in total. The van der Waals surface area contributed by atoms with Crippen LogP contribution in [0.3, 0.4) is 0 Å². The summed E-state index contributed by atoms with van der Waals surface area (Å²) in [6, 6.07) is 0. The Labute approximate surface area is 71.1 Å². The first-order valence-corrected chi connectivity index (χ1v) is 4.92. The molecule has 1 atom stereocenters. The Bertz CT molecular complexity index is 63.3. The number of ether oxygens (including phenoxy) is 1. The van der Waals surface area contributed by atoms with Gasteiger partial charge in [-0.1, -0.05) is 46.0 Å². The third-order valence-electron chi connectivity index (χ3n) is 1.71. The van der Waals surface area contributed by atoms with Crippen molar-refractivity contribution in [2.45, 2.75) is 59.0 Å². The SMILES string of the molecule is CC1CO1.CCCCCCC. The largest absolute Gasteiger partial charge is 0.373 e. The first kappa shape index (κ1) is 11.0. The maximum atomic E-state index is 4.71. The van der Waals surface area contributed by atoms with Crippen LogP contribution in [-0.4, -0.2) is 12.7 Å². The minimum atomic E-state index is 0.583. The van der Waals surface area contributed by atoms with Gasteiger partial charge < -0.3 is 4.74 Å². The molecule has 1 heterocycles. The van der Waals surface area contributed by atoms with Crippen LogP contribution in [0.15, 0.2) is 0 Å². The quantitative estimate of drug-likeness (QED) is 0.451. The molecule has 1 aliphatic heterocycles. The van der Waals surface area contributed by atoms with Gasteiger partial charge in [0.15, 0.2) is 0 Å². The van der Waals surface area contributed by atoms with E-state index < -0.39 is 0 Å². The van der Waals surface area contributed by atoms with Crippen LogP contribution in [0.2, 0.25) is 0 Å². The van der Waals surface area contributed by atoms with Crippen LogP contribution in [-0.2, 0) is 4.74 Å². The van der Waals surface area contributed by atoms with E-state index in [2.05, 4.69) is 20.8 Å². The maximum Gasteiger partial charge on any atom is 0.0781 e. The molecule has 1 aliphatic rings. The van der Waals surface area contributed by atoms with Crippen molar-refractivity contribution < 1.29 is 4.74 Å². The van der Waals surface area contributed by atoms with Gasteiger partial charge in [-0.05, 0) is 6.92 Å². The summed E-state index contributed by atoms with van der Waals surface area (Å²) in [6.45, 7) is 7.53. The zero-order valence-corrected chi connectivity index (χ0v) is 8.23. The van der Waals surface area contributed by atoms with Gasteiger partial charge in [-0.15, -0.1) is 0 Å². The third-order valence-corrected chi connectivity index (χ3v) is 1.71. The van der Waals surface area contributed by atoms with Crippen molar-refractivity contribution in [1.29, 1.82) is 0 Å².